The van der Waals surface area contributed by atoms with Gasteiger partial charge in [-0.2, -0.15) is 0 Å². The molecule has 0 spiro atoms. The Morgan fingerprint density at radius 3 is 2.55 bits per heavy atom. The van der Waals surface area contributed by atoms with E-state index >= 15 is 0 Å². The molecule has 0 saturated heterocycles. The molecular weight excluding hydrogens is 262 g/mol. The Labute approximate surface area is 117 Å². The van der Waals surface area contributed by atoms with Crippen LogP contribution >= 0.6 is 0 Å². The van der Waals surface area contributed by atoms with Crippen LogP contribution in [0.25, 0.3) is 0 Å². The molecule has 1 aromatic carbocycles. The zero-order chi connectivity index (χ0) is 15.0. The summed E-state index contributed by atoms with van der Waals surface area (Å²) in [6.45, 7) is 1.41. The molecule has 0 aromatic heterocycles. The van der Waals surface area contributed by atoms with Gasteiger partial charge in [-0.25, -0.2) is 0 Å². The Hall–Kier alpha value is -2.15. The standard InChI is InChI=1S/C13H19N3O4/c1-15(2)9-3-8-14-13(17)10-20-12-6-4-11(5-7-12)16(18)19/h4-7H,3,8-10H2,1-2H3,(H,14,17). The van der Waals surface area contributed by atoms with Gasteiger partial charge in [0.15, 0.2) is 6.61 Å². The average molecular weight is 281 g/mol. The minimum Gasteiger partial charge on any atom is -0.484 e. The van der Waals surface area contributed by atoms with Crippen molar-refractivity contribution in [3.8, 4) is 5.75 Å². The van der Waals surface area contributed by atoms with Gasteiger partial charge in [0, 0.05) is 18.7 Å². The number of nitro benzene ring substituents is 1. The zero-order valence-corrected chi connectivity index (χ0v) is 11.7. The van der Waals surface area contributed by atoms with Gasteiger partial charge in [-0.3, -0.25) is 14.9 Å². The van der Waals surface area contributed by atoms with Crippen LogP contribution in [0, 0.1) is 10.1 Å². The van der Waals surface area contributed by atoms with Crippen LogP contribution in [0.15, 0.2) is 24.3 Å². The third-order valence-electron chi connectivity index (χ3n) is 2.52. The predicted molar refractivity (Wildman–Crippen MR) is 74.8 cm³/mol. The monoisotopic (exact) mass is 281 g/mol. The van der Waals surface area contributed by atoms with Crippen LogP contribution in [0.2, 0.25) is 0 Å². The number of hydrogen-bond acceptors (Lipinski definition) is 5. The smallest absolute Gasteiger partial charge is 0.269 e. The van der Waals surface area contributed by atoms with Crippen LogP contribution in [0.4, 0.5) is 5.69 Å². The molecule has 1 rings (SSSR count). The number of rotatable bonds is 8. The summed E-state index contributed by atoms with van der Waals surface area (Å²) in [5, 5.41) is 13.2. The highest BCUT2D eigenvalue weighted by molar-refractivity contribution is 5.77. The van der Waals surface area contributed by atoms with E-state index in [0.717, 1.165) is 13.0 Å². The summed E-state index contributed by atoms with van der Waals surface area (Å²) in [6, 6.07) is 5.61. The number of carbonyl (C=O) groups excluding carboxylic acids is 1. The molecule has 1 N–H and O–H groups in total. The van der Waals surface area contributed by atoms with Crippen LogP contribution in [-0.4, -0.2) is 49.5 Å². The second-order valence-electron chi connectivity index (χ2n) is 4.55. The fourth-order valence-corrected chi connectivity index (χ4v) is 1.49. The Morgan fingerprint density at radius 2 is 2.00 bits per heavy atom. The summed E-state index contributed by atoms with van der Waals surface area (Å²) in [6.07, 6.45) is 0.871. The molecular formula is C13H19N3O4. The normalized spacial score (nSPS) is 10.3. The second-order valence-corrected chi connectivity index (χ2v) is 4.55. The molecule has 110 valence electrons. The minimum atomic E-state index is -0.485. The van der Waals surface area contributed by atoms with Crippen molar-refractivity contribution in [1.29, 1.82) is 0 Å². The van der Waals surface area contributed by atoms with Crippen molar-refractivity contribution < 1.29 is 14.5 Å². The lowest BCUT2D eigenvalue weighted by molar-refractivity contribution is -0.384. The fraction of sp³-hybridized carbons (Fsp3) is 0.462. The molecule has 0 saturated carbocycles. The molecule has 0 aliphatic carbocycles. The highest BCUT2D eigenvalue weighted by Gasteiger charge is 2.06. The maximum absolute atomic E-state index is 11.5. The Kier molecular flexibility index (Phi) is 6.45. The molecule has 0 unspecified atom stereocenters. The van der Waals surface area contributed by atoms with Crippen molar-refractivity contribution in [3.63, 3.8) is 0 Å². The first-order chi connectivity index (χ1) is 9.49. The summed E-state index contributed by atoms with van der Waals surface area (Å²) in [7, 11) is 3.94. The molecule has 0 atom stereocenters. The highest BCUT2D eigenvalue weighted by atomic mass is 16.6. The van der Waals surface area contributed by atoms with Crippen molar-refractivity contribution in [1.82, 2.24) is 10.2 Å². The number of nitrogens with one attached hydrogen (secondary N) is 1. The van der Waals surface area contributed by atoms with E-state index in [1.165, 1.54) is 24.3 Å². The van der Waals surface area contributed by atoms with Gasteiger partial charge < -0.3 is 15.0 Å². The van der Waals surface area contributed by atoms with Crippen molar-refractivity contribution >= 4 is 11.6 Å². The molecule has 1 aromatic rings. The lowest BCUT2D eigenvalue weighted by atomic mass is 10.3. The van der Waals surface area contributed by atoms with Crippen LogP contribution < -0.4 is 10.1 Å². The molecule has 0 bridgehead atoms. The van der Waals surface area contributed by atoms with Gasteiger partial charge in [0.1, 0.15) is 5.75 Å². The van der Waals surface area contributed by atoms with E-state index in [0.29, 0.717) is 12.3 Å². The van der Waals surface area contributed by atoms with Gasteiger partial charge in [0.2, 0.25) is 0 Å². The van der Waals surface area contributed by atoms with Crippen LogP contribution in [-0.2, 0) is 4.79 Å². The molecule has 0 heterocycles. The van der Waals surface area contributed by atoms with Gasteiger partial charge >= 0.3 is 0 Å². The molecule has 7 heteroatoms. The molecule has 0 aliphatic rings. The minimum absolute atomic E-state index is 0.00881. The predicted octanol–water partition coefficient (Wildman–Crippen LogP) is 1.04. The average Bonchev–Trinajstić information content (AvgIpc) is 2.41. The van der Waals surface area contributed by atoms with E-state index in [2.05, 4.69) is 5.32 Å². The first-order valence-corrected chi connectivity index (χ1v) is 6.27. The Morgan fingerprint density at radius 1 is 1.35 bits per heavy atom. The molecule has 1 amide bonds. The van der Waals surface area contributed by atoms with E-state index in [9.17, 15) is 14.9 Å². The summed E-state index contributed by atoms with van der Waals surface area (Å²) in [4.78, 5) is 23.5. The first-order valence-electron chi connectivity index (χ1n) is 6.27. The number of ether oxygens (including phenoxy) is 1. The number of carbonyl (C=O) groups is 1. The quantitative estimate of drug-likeness (QED) is 0.437. The second kappa shape index (κ2) is 8.11. The van der Waals surface area contributed by atoms with Crippen LogP contribution in [0.3, 0.4) is 0 Å². The molecule has 0 fully saturated rings. The topological polar surface area (TPSA) is 84.7 Å². The highest BCUT2D eigenvalue weighted by Crippen LogP contribution is 2.16. The molecule has 0 aliphatic heterocycles. The summed E-state index contributed by atoms with van der Waals surface area (Å²) in [5.74, 6) is 0.223. The third-order valence-corrected chi connectivity index (χ3v) is 2.52. The van der Waals surface area contributed by atoms with Crippen molar-refractivity contribution in [3.05, 3.63) is 34.4 Å². The van der Waals surface area contributed by atoms with E-state index in [4.69, 9.17) is 4.74 Å². The summed E-state index contributed by atoms with van der Waals surface area (Å²) < 4.78 is 5.24. The zero-order valence-electron chi connectivity index (χ0n) is 11.7. The van der Waals surface area contributed by atoms with Crippen molar-refractivity contribution in [2.24, 2.45) is 0 Å². The molecule has 0 radical (unpaired) electrons. The Balaban J connectivity index is 2.25. The van der Waals surface area contributed by atoms with E-state index in [1.54, 1.807) is 0 Å². The van der Waals surface area contributed by atoms with Gasteiger partial charge in [-0.15, -0.1) is 0 Å². The van der Waals surface area contributed by atoms with Crippen LogP contribution in [0.5, 0.6) is 5.75 Å². The lowest BCUT2D eigenvalue weighted by Gasteiger charge is -2.10. The fourth-order valence-electron chi connectivity index (χ4n) is 1.49. The molecule has 20 heavy (non-hydrogen) atoms. The van der Waals surface area contributed by atoms with E-state index in [1.807, 2.05) is 19.0 Å². The van der Waals surface area contributed by atoms with Crippen molar-refractivity contribution in [2.75, 3.05) is 33.8 Å². The maximum Gasteiger partial charge on any atom is 0.269 e. The summed E-state index contributed by atoms with van der Waals surface area (Å²) >= 11 is 0. The van der Waals surface area contributed by atoms with Gasteiger partial charge in [0.25, 0.3) is 11.6 Å². The van der Waals surface area contributed by atoms with Gasteiger partial charge in [-0.1, -0.05) is 0 Å². The number of nitrogens with zero attached hydrogens (tertiary/aromatic N) is 2. The molecule has 7 nitrogen and oxygen atoms in total. The maximum atomic E-state index is 11.5. The number of amides is 1. The van der Waals surface area contributed by atoms with Crippen molar-refractivity contribution in [2.45, 2.75) is 6.42 Å². The number of nitro groups is 1. The van der Waals surface area contributed by atoms with Crippen LogP contribution in [0.1, 0.15) is 6.42 Å². The van der Waals surface area contributed by atoms with E-state index < -0.39 is 4.92 Å². The lowest BCUT2D eigenvalue weighted by Crippen LogP contribution is -2.31. The van der Waals surface area contributed by atoms with Gasteiger partial charge in [0.05, 0.1) is 4.92 Å². The van der Waals surface area contributed by atoms with E-state index in [-0.39, 0.29) is 18.2 Å². The number of hydrogen-bond donors (Lipinski definition) is 1. The Bertz CT molecular complexity index is 445. The van der Waals surface area contributed by atoms with Gasteiger partial charge in [-0.05, 0) is 39.2 Å². The number of benzene rings is 1. The third kappa shape index (κ3) is 6.14. The first kappa shape index (κ1) is 15.9. The largest absolute Gasteiger partial charge is 0.484 e. The summed E-state index contributed by atoms with van der Waals surface area (Å²) in [5.41, 5.74) is -0.00881. The SMILES string of the molecule is CN(C)CCCNC(=O)COc1ccc([N+](=O)[O-])cc1. The number of non-ortho nitro benzene ring substituents is 1.